The number of ether oxygens (including phenoxy) is 18. The van der Waals surface area contributed by atoms with E-state index in [1.807, 2.05) is 6.08 Å². The number of hydrogen-bond donors (Lipinski definition) is 30. The highest BCUT2D eigenvalue weighted by Gasteiger charge is 2.62. The van der Waals surface area contributed by atoms with E-state index in [0.29, 0.717) is 12.8 Å². The molecule has 0 spiro atoms. The van der Waals surface area contributed by atoms with E-state index in [4.69, 9.17) is 85.3 Å². The van der Waals surface area contributed by atoms with Crippen LogP contribution in [0, 0.1) is 0 Å². The Morgan fingerprint density at radius 2 is 0.493 bits per heavy atom. The summed E-state index contributed by atoms with van der Waals surface area (Å²) in [6, 6.07) is -6.92. The summed E-state index contributed by atoms with van der Waals surface area (Å²) >= 11 is 0. The second-order valence-corrected chi connectivity index (χ2v) is 40.5. The first-order valence-corrected chi connectivity index (χ1v) is 53.5. The minimum atomic E-state index is -2.38. The van der Waals surface area contributed by atoms with Gasteiger partial charge >= 0.3 is 0 Å². The first-order chi connectivity index (χ1) is 71.9. The van der Waals surface area contributed by atoms with Crippen molar-refractivity contribution in [1.82, 2.24) is 21.3 Å². The lowest BCUT2D eigenvalue weighted by atomic mass is 9.93. The molecular weight excluding hydrogens is 2000 g/mol. The fourth-order valence-corrected chi connectivity index (χ4v) is 20.3. The zero-order valence-electron chi connectivity index (χ0n) is 86.2. The fraction of sp³-hybridized carbons (Fsp3) is 0.939. The van der Waals surface area contributed by atoms with Crippen molar-refractivity contribution >= 4 is 23.6 Å². The molecule has 4 amide bonds. The van der Waals surface area contributed by atoms with Crippen LogP contribution in [0.25, 0.3) is 0 Å². The molecule has 0 aromatic carbocycles. The number of hydrogen-bond acceptors (Lipinski definition) is 48. The van der Waals surface area contributed by atoms with Gasteiger partial charge in [0.25, 0.3) is 0 Å². The monoisotopic (exact) mass is 2180 g/mol. The van der Waals surface area contributed by atoms with E-state index < -0.39 is 372 Å². The molecule has 0 aromatic heterocycles. The van der Waals surface area contributed by atoms with Crippen LogP contribution in [0.5, 0.6) is 0 Å². The number of carbonyl (C=O) groups is 4. The summed E-state index contributed by atoms with van der Waals surface area (Å²) in [5.41, 5.74) is 0. The van der Waals surface area contributed by atoms with Crippen LogP contribution in [-0.4, -0.2) is 511 Å². The third-order valence-corrected chi connectivity index (χ3v) is 29.0. The number of allylic oxidation sites excluding steroid dienone is 1. The van der Waals surface area contributed by atoms with Crippen molar-refractivity contribution in [1.29, 1.82) is 0 Å². The topological polar surface area (TPSA) is 809 Å². The molecule has 150 heavy (non-hydrogen) atoms. The molecule has 30 N–H and O–H groups in total. The highest BCUT2D eigenvalue weighted by atomic mass is 16.8. The molecule has 9 saturated heterocycles. The van der Waals surface area contributed by atoms with Gasteiger partial charge in [-0.05, 0) is 19.3 Å². The van der Waals surface area contributed by atoms with E-state index in [0.717, 1.165) is 78.6 Å². The fourth-order valence-electron chi connectivity index (χ4n) is 20.3. The Bertz CT molecular complexity index is 3780. The van der Waals surface area contributed by atoms with Crippen LogP contribution in [0.2, 0.25) is 0 Å². The van der Waals surface area contributed by atoms with Crippen molar-refractivity contribution in [2.75, 3.05) is 66.1 Å². The van der Waals surface area contributed by atoms with E-state index in [1.54, 1.807) is 6.08 Å². The van der Waals surface area contributed by atoms with Crippen LogP contribution in [0.1, 0.15) is 227 Å². The lowest BCUT2D eigenvalue weighted by molar-refractivity contribution is -0.391. The van der Waals surface area contributed by atoms with Gasteiger partial charge in [0.1, 0.15) is 220 Å². The Kier molecular flexibility index (Phi) is 57.0. The highest BCUT2D eigenvalue weighted by Crippen LogP contribution is 2.42. The first-order valence-electron chi connectivity index (χ1n) is 53.5. The lowest BCUT2D eigenvalue weighted by Gasteiger charge is -2.51. The van der Waals surface area contributed by atoms with E-state index >= 15 is 0 Å². The molecule has 18 unspecified atom stereocenters. The molecule has 9 rings (SSSR count). The van der Waals surface area contributed by atoms with Gasteiger partial charge in [0.05, 0.1) is 78.2 Å². The summed E-state index contributed by atoms with van der Waals surface area (Å²) in [6.07, 6.45) is -50.3. The number of amides is 4. The van der Waals surface area contributed by atoms with Gasteiger partial charge in [0.2, 0.25) is 23.6 Å². The zero-order valence-corrected chi connectivity index (χ0v) is 86.2. The van der Waals surface area contributed by atoms with Gasteiger partial charge in [0, 0.05) is 27.2 Å². The van der Waals surface area contributed by atoms with E-state index in [1.165, 1.54) is 116 Å². The molecule has 9 heterocycles. The van der Waals surface area contributed by atoms with Crippen molar-refractivity contribution in [2.24, 2.45) is 0 Å². The normalized spacial score (nSPS) is 40.1. The number of rotatable bonds is 64. The molecule has 0 radical (unpaired) electrons. The molecule has 47 atom stereocenters. The Balaban J connectivity index is 0.828. The molecule has 0 aliphatic carbocycles. The zero-order chi connectivity index (χ0) is 110. The predicted molar refractivity (Wildman–Crippen MR) is 513 cm³/mol. The molecule has 52 nitrogen and oxygen atoms in total. The second kappa shape index (κ2) is 66.2. The third kappa shape index (κ3) is 36.2. The number of aliphatic hydroxyl groups excluding tert-OH is 26. The van der Waals surface area contributed by atoms with Gasteiger partial charge in [-0.15, -0.1) is 0 Å². The first kappa shape index (κ1) is 129. The molecule has 9 aliphatic heterocycles. The SMILES string of the molecule is CCCCCCCCCCCCC/C=C/[C@@H](O)[C@H](CO[C@@H]1OC(CO)[C@@H](O[C@@H]2OC(CO)[C@H](O)[C@H](O[C@@H]3OC(CO)[C@@H](O[C@@H]4OC(CO)[C@H](O)[C@H](O[C@@H]5OC(CO)[C@@H](O[C@@H]6OC(CO)[C@H](O)[C@H](O[C@@H]7OC(CO)[C@@H](O[C@@H]8OC(CO)[C@H](O)[C@H](O[C@H]9OC(CO)[C@H](O)[C@H](O)C9O)C8O)[C@H](O)C7NC(C)=O)C6O)[C@H](O)C5NC(C)=O)C4O)[C@H](O)C3NC(C)=O)C2O)[C@H](O)C1O)NC(=O)CCCCCCCCCCCCCCCCCCC. The van der Waals surface area contributed by atoms with Gasteiger partial charge in [-0.2, -0.15) is 0 Å². The maximum absolute atomic E-state index is 13.6. The van der Waals surface area contributed by atoms with E-state index in [-0.39, 0.29) is 12.3 Å². The summed E-state index contributed by atoms with van der Waals surface area (Å²) in [4.78, 5) is 52.9. The Morgan fingerprint density at radius 3 is 0.780 bits per heavy atom. The average molecular weight is 2180 g/mol. The highest BCUT2D eigenvalue weighted by molar-refractivity contribution is 5.76. The van der Waals surface area contributed by atoms with Gasteiger partial charge in [-0.25, -0.2) is 0 Å². The number of carbonyl (C=O) groups excluding carboxylic acids is 4. The quantitative estimate of drug-likeness (QED) is 0.0199. The minimum Gasteiger partial charge on any atom is -0.394 e. The Morgan fingerprint density at radius 1 is 0.260 bits per heavy atom. The lowest BCUT2D eigenvalue weighted by Crippen LogP contribution is -2.71. The summed E-state index contributed by atoms with van der Waals surface area (Å²) in [7, 11) is 0. The Hall–Kier alpha value is -4.14. The number of aliphatic hydroxyl groups is 26. The molecular formula is C98H174N4O48. The van der Waals surface area contributed by atoms with Crippen molar-refractivity contribution in [2.45, 2.75) is 516 Å². The molecule has 52 heteroatoms. The van der Waals surface area contributed by atoms with Crippen molar-refractivity contribution in [3.05, 3.63) is 12.2 Å². The summed E-state index contributed by atoms with van der Waals surface area (Å²) in [5.74, 6) is -3.19. The molecule has 9 aliphatic rings. The van der Waals surface area contributed by atoms with E-state index in [2.05, 4.69) is 35.1 Å². The van der Waals surface area contributed by atoms with Crippen LogP contribution >= 0.6 is 0 Å². The van der Waals surface area contributed by atoms with Crippen molar-refractivity contribution in [3.63, 3.8) is 0 Å². The Labute approximate surface area is 872 Å². The van der Waals surface area contributed by atoms with Crippen molar-refractivity contribution in [3.8, 4) is 0 Å². The largest absolute Gasteiger partial charge is 0.394 e. The maximum Gasteiger partial charge on any atom is 0.220 e. The predicted octanol–water partition coefficient (Wildman–Crippen LogP) is -8.03. The standard InChI is InChI=1S/C98H174N4O48/c1-6-8-10-12-14-16-18-20-21-22-23-25-27-29-31-33-35-37-62(116)102-51(52(115)36-34-32-30-28-26-24-19-17-15-13-11-9-7-2)47-133-93-77(128)75(126)85(61(46-111)142-93)146-98-80(131)88(69(120)56(41-106)138-98)149-92-64(100-49(4)113)72(123)83(59(44-109)140-92)144-96-78(129)86(67(118)54(39-104)136-96)147-90-63(99-48(3)112)71(122)82(58(43-108)139-90)143-95-79(130)87(68(119)55(40-105)135-95)148-91-65(101-50(5)114)73(124)84(60(45-110)141-91)145-97-81(132)89(70(121)57(42-107)137-97)150-94-76(127)74(125)66(117)53(38-103)134-94/h34,36,51-61,63-98,103-111,115,117-132H,6-33,35,37-47H2,1-5H3,(H,99,112)(H,100,113)(H,101,114)(H,102,116)/b36-34+/t51-,52+,53?,54?,55?,56?,57?,58?,59?,60?,61?,63?,64?,65?,66-,67-,68-,69-,70-,71+,72+,73+,74-,75+,76?,77?,78?,79?,80?,81?,82+,83+,84+,85+,86-,87-,88-,89-,90-,91-,92-,93+,94+,95-,96-,97-,98-/m0/s1. The van der Waals surface area contributed by atoms with Crippen LogP contribution < -0.4 is 21.3 Å². The summed E-state index contributed by atoms with van der Waals surface area (Å²) in [5, 5.41) is 304. The van der Waals surface area contributed by atoms with Gasteiger partial charge in [-0.1, -0.05) is 193 Å². The molecule has 9 fully saturated rings. The van der Waals surface area contributed by atoms with Gasteiger partial charge in [0.15, 0.2) is 56.6 Å². The molecule has 874 valence electrons. The van der Waals surface area contributed by atoms with Crippen LogP contribution in [0.4, 0.5) is 0 Å². The smallest absolute Gasteiger partial charge is 0.220 e. The van der Waals surface area contributed by atoms with Crippen LogP contribution in [0.15, 0.2) is 12.2 Å². The second-order valence-electron chi connectivity index (χ2n) is 40.5. The summed E-state index contributed by atoms with van der Waals surface area (Å²) < 4.78 is 107. The number of nitrogens with one attached hydrogen (secondary N) is 4. The minimum absolute atomic E-state index is 0.146. The van der Waals surface area contributed by atoms with Gasteiger partial charge in [-0.3, -0.25) is 19.2 Å². The van der Waals surface area contributed by atoms with Crippen LogP contribution in [-0.2, 0) is 104 Å². The third-order valence-electron chi connectivity index (χ3n) is 29.0. The average Bonchev–Trinajstić information content (AvgIpc) is 0.761. The van der Waals surface area contributed by atoms with Crippen molar-refractivity contribution < 1.29 is 237 Å². The summed E-state index contributed by atoms with van der Waals surface area (Å²) in [6.45, 7) is -2.95. The number of unbranched alkanes of at least 4 members (excludes halogenated alkanes) is 27. The van der Waals surface area contributed by atoms with Crippen LogP contribution in [0.3, 0.4) is 0 Å². The van der Waals surface area contributed by atoms with E-state index in [9.17, 15) is 152 Å². The molecule has 0 saturated carbocycles. The molecule has 0 bridgehead atoms. The maximum atomic E-state index is 13.6. The van der Waals surface area contributed by atoms with Gasteiger partial charge < -0.3 is 239 Å². The molecule has 0 aromatic rings.